The van der Waals surface area contributed by atoms with Gasteiger partial charge in [-0.15, -0.1) is 0 Å². The molecule has 3 N–H and O–H groups in total. The number of carbonyl (C=O) groups is 2. The number of benzene rings is 1. The van der Waals surface area contributed by atoms with Gasteiger partial charge in [-0.05, 0) is 30.0 Å². The Kier molecular flexibility index (Phi) is 4.24. The summed E-state index contributed by atoms with van der Waals surface area (Å²) < 4.78 is 1.98. The third-order valence-corrected chi connectivity index (χ3v) is 3.00. The number of hydrogen-bond donors (Lipinski definition) is 3. The lowest BCUT2D eigenvalue weighted by molar-refractivity contribution is -0.137. The van der Waals surface area contributed by atoms with Gasteiger partial charge in [0.25, 0.3) is 0 Å². The molecule has 0 aliphatic rings. The zero-order valence-corrected chi connectivity index (χ0v) is 11.2. The molecular weight excluding hydrogens is 258 g/mol. The molecular formula is C14H17N3O3. The van der Waals surface area contributed by atoms with Crippen molar-refractivity contribution >= 4 is 28.6 Å². The maximum Gasteiger partial charge on any atom is 0.319 e. The van der Waals surface area contributed by atoms with Gasteiger partial charge in [-0.1, -0.05) is 6.07 Å². The van der Waals surface area contributed by atoms with Crippen LogP contribution >= 0.6 is 0 Å². The second-order valence-electron chi connectivity index (χ2n) is 4.58. The molecule has 0 fully saturated rings. The fraction of sp³-hybridized carbons (Fsp3) is 0.286. The Morgan fingerprint density at radius 3 is 2.85 bits per heavy atom. The minimum Gasteiger partial charge on any atom is -0.481 e. The van der Waals surface area contributed by atoms with Crippen LogP contribution in [0.4, 0.5) is 10.5 Å². The fourth-order valence-corrected chi connectivity index (χ4v) is 1.96. The quantitative estimate of drug-likeness (QED) is 0.731. The van der Waals surface area contributed by atoms with Gasteiger partial charge < -0.3 is 20.3 Å². The van der Waals surface area contributed by atoms with Gasteiger partial charge in [0.2, 0.25) is 0 Å². The van der Waals surface area contributed by atoms with E-state index in [9.17, 15) is 9.59 Å². The van der Waals surface area contributed by atoms with E-state index in [-0.39, 0.29) is 12.5 Å². The number of hydrogen-bond acceptors (Lipinski definition) is 2. The van der Waals surface area contributed by atoms with Gasteiger partial charge in [0.05, 0.1) is 0 Å². The van der Waals surface area contributed by atoms with E-state index in [1.165, 1.54) is 0 Å². The number of rotatable bonds is 5. The average molecular weight is 275 g/mol. The molecule has 0 radical (unpaired) electrons. The molecule has 0 aliphatic carbocycles. The predicted octanol–water partition coefficient (Wildman–Crippen LogP) is 2.16. The summed E-state index contributed by atoms with van der Waals surface area (Å²) in [6.07, 6.45) is 2.43. The van der Waals surface area contributed by atoms with Gasteiger partial charge in [-0.25, -0.2) is 4.79 Å². The first kappa shape index (κ1) is 13.9. The first-order chi connectivity index (χ1) is 9.56. The Labute approximate surface area is 116 Å². The number of aliphatic carboxylic acids is 1. The molecule has 0 saturated heterocycles. The Morgan fingerprint density at radius 2 is 2.10 bits per heavy atom. The standard InChI is InChI=1S/C14H17N3O3/c1-17-8-6-10-4-5-11(9-12(10)17)16-14(20)15-7-2-3-13(18)19/h4-6,8-9H,2-3,7H2,1H3,(H,18,19)(H2,15,16,20). The normalized spacial score (nSPS) is 10.4. The van der Waals surface area contributed by atoms with Crippen LogP contribution in [0.25, 0.3) is 10.9 Å². The van der Waals surface area contributed by atoms with Crippen LogP contribution < -0.4 is 10.6 Å². The molecule has 0 bridgehead atoms. The number of fused-ring (bicyclic) bond motifs is 1. The van der Waals surface area contributed by atoms with Crippen molar-refractivity contribution in [2.24, 2.45) is 7.05 Å². The topological polar surface area (TPSA) is 83.4 Å². The minimum absolute atomic E-state index is 0.0512. The lowest BCUT2D eigenvalue weighted by Gasteiger charge is -2.07. The number of nitrogens with zero attached hydrogens (tertiary/aromatic N) is 1. The van der Waals surface area contributed by atoms with Crippen molar-refractivity contribution in [1.82, 2.24) is 9.88 Å². The molecule has 6 heteroatoms. The molecule has 2 amide bonds. The number of nitrogens with one attached hydrogen (secondary N) is 2. The number of carboxylic acid groups (broad SMARTS) is 1. The molecule has 20 heavy (non-hydrogen) atoms. The molecule has 6 nitrogen and oxygen atoms in total. The summed E-state index contributed by atoms with van der Waals surface area (Å²) in [6.45, 7) is 0.338. The van der Waals surface area contributed by atoms with Crippen LogP contribution in [0.3, 0.4) is 0 Å². The van der Waals surface area contributed by atoms with Crippen LogP contribution in [0.5, 0.6) is 0 Å². The summed E-state index contributed by atoms with van der Waals surface area (Å²) in [5, 5.41) is 15.0. The van der Waals surface area contributed by atoms with E-state index in [0.717, 1.165) is 10.9 Å². The van der Waals surface area contributed by atoms with E-state index in [1.807, 2.05) is 42.1 Å². The van der Waals surface area contributed by atoms with Crippen LogP contribution in [-0.4, -0.2) is 28.2 Å². The van der Waals surface area contributed by atoms with Crippen molar-refractivity contribution in [1.29, 1.82) is 0 Å². The largest absolute Gasteiger partial charge is 0.481 e. The summed E-state index contributed by atoms with van der Waals surface area (Å²) >= 11 is 0. The second-order valence-corrected chi connectivity index (χ2v) is 4.58. The van der Waals surface area contributed by atoms with Crippen LogP contribution in [0.2, 0.25) is 0 Å². The molecule has 106 valence electrons. The molecule has 0 spiro atoms. The minimum atomic E-state index is -0.860. The Balaban J connectivity index is 1.89. The summed E-state index contributed by atoms with van der Waals surface area (Å²) in [4.78, 5) is 22.0. The SMILES string of the molecule is Cn1ccc2ccc(NC(=O)NCCCC(=O)O)cc21. The molecule has 0 unspecified atom stereocenters. The van der Waals surface area contributed by atoms with Crippen LogP contribution in [0, 0.1) is 0 Å². The van der Waals surface area contributed by atoms with E-state index in [1.54, 1.807) is 0 Å². The summed E-state index contributed by atoms with van der Waals surface area (Å²) in [7, 11) is 1.94. The molecule has 0 atom stereocenters. The molecule has 0 aliphatic heterocycles. The lowest BCUT2D eigenvalue weighted by Crippen LogP contribution is -2.29. The number of anilines is 1. The molecule has 2 aromatic rings. The molecule has 1 heterocycles. The average Bonchev–Trinajstić information content (AvgIpc) is 2.76. The fourth-order valence-electron chi connectivity index (χ4n) is 1.96. The van der Waals surface area contributed by atoms with Crippen molar-refractivity contribution in [3.8, 4) is 0 Å². The zero-order valence-electron chi connectivity index (χ0n) is 11.2. The maximum absolute atomic E-state index is 11.6. The number of amides is 2. The smallest absolute Gasteiger partial charge is 0.319 e. The first-order valence-electron chi connectivity index (χ1n) is 6.38. The van der Waals surface area contributed by atoms with Crippen molar-refractivity contribution in [3.05, 3.63) is 30.5 Å². The van der Waals surface area contributed by atoms with Crippen molar-refractivity contribution in [3.63, 3.8) is 0 Å². The molecule has 1 aromatic carbocycles. The van der Waals surface area contributed by atoms with Crippen LogP contribution in [-0.2, 0) is 11.8 Å². The number of aromatic nitrogens is 1. The van der Waals surface area contributed by atoms with E-state index in [4.69, 9.17) is 5.11 Å². The second kappa shape index (κ2) is 6.10. The zero-order chi connectivity index (χ0) is 14.5. The van der Waals surface area contributed by atoms with Crippen LogP contribution in [0.15, 0.2) is 30.5 Å². The molecule has 1 aromatic heterocycles. The molecule has 0 saturated carbocycles. The highest BCUT2D eigenvalue weighted by atomic mass is 16.4. The van der Waals surface area contributed by atoms with Gasteiger partial charge in [-0.3, -0.25) is 4.79 Å². The Morgan fingerprint density at radius 1 is 1.30 bits per heavy atom. The predicted molar refractivity (Wildman–Crippen MR) is 76.8 cm³/mol. The van der Waals surface area contributed by atoms with Crippen molar-refractivity contribution in [2.45, 2.75) is 12.8 Å². The third kappa shape index (κ3) is 3.50. The van der Waals surface area contributed by atoms with Gasteiger partial charge in [-0.2, -0.15) is 0 Å². The number of urea groups is 1. The van der Waals surface area contributed by atoms with Crippen molar-refractivity contribution < 1.29 is 14.7 Å². The van der Waals surface area contributed by atoms with Gasteiger partial charge >= 0.3 is 12.0 Å². The van der Waals surface area contributed by atoms with Crippen molar-refractivity contribution in [2.75, 3.05) is 11.9 Å². The van der Waals surface area contributed by atoms with E-state index >= 15 is 0 Å². The highest BCUT2D eigenvalue weighted by molar-refractivity contribution is 5.92. The third-order valence-electron chi connectivity index (χ3n) is 3.00. The Hall–Kier alpha value is -2.50. The summed E-state index contributed by atoms with van der Waals surface area (Å²) in [5.41, 5.74) is 1.74. The highest BCUT2D eigenvalue weighted by Gasteiger charge is 2.04. The van der Waals surface area contributed by atoms with Gasteiger partial charge in [0, 0.05) is 37.4 Å². The van der Waals surface area contributed by atoms with E-state index in [0.29, 0.717) is 18.7 Å². The van der Waals surface area contributed by atoms with Gasteiger partial charge in [0.15, 0.2) is 0 Å². The Bertz CT molecular complexity index is 634. The first-order valence-corrected chi connectivity index (χ1v) is 6.38. The number of carboxylic acids is 1. The monoisotopic (exact) mass is 275 g/mol. The van der Waals surface area contributed by atoms with Crippen LogP contribution in [0.1, 0.15) is 12.8 Å². The maximum atomic E-state index is 11.6. The number of carbonyl (C=O) groups excluding carboxylic acids is 1. The lowest BCUT2D eigenvalue weighted by atomic mass is 10.2. The molecule has 2 rings (SSSR count). The number of aryl methyl sites for hydroxylation is 1. The summed E-state index contributed by atoms with van der Waals surface area (Å²) in [5.74, 6) is -0.860. The highest BCUT2D eigenvalue weighted by Crippen LogP contribution is 2.19. The van der Waals surface area contributed by atoms with Gasteiger partial charge in [0.1, 0.15) is 0 Å². The van der Waals surface area contributed by atoms with E-state index < -0.39 is 5.97 Å². The summed E-state index contributed by atoms with van der Waals surface area (Å²) in [6, 6.07) is 7.34. The van der Waals surface area contributed by atoms with E-state index in [2.05, 4.69) is 10.6 Å².